The average Bonchev–Trinajstić information content (AvgIpc) is 2.70. The Balaban J connectivity index is 1.63. The van der Waals surface area contributed by atoms with E-state index < -0.39 is 0 Å². The van der Waals surface area contributed by atoms with E-state index in [1.54, 1.807) is 0 Å². The Morgan fingerprint density at radius 3 is 2.81 bits per heavy atom. The van der Waals surface area contributed by atoms with E-state index in [-0.39, 0.29) is 5.91 Å². The Bertz CT molecular complexity index is 721. The zero-order chi connectivity index (χ0) is 18.2. The summed E-state index contributed by atoms with van der Waals surface area (Å²) in [4.78, 5) is 14.7. The van der Waals surface area contributed by atoms with Crippen LogP contribution < -0.4 is 15.0 Å². The van der Waals surface area contributed by atoms with Crippen molar-refractivity contribution in [2.45, 2.75) is 25.7 Å². The fraction of sp³-hybridized carbons (Fsp3) is 0.381. The Labute approximate surface area is 159 Å². The second-order valence-corrected chi connectivity index (χ2v) is 6.80. The van der Waals surface area contributed by atoms with Crippen LogP contribution in [0.5, 0.6) is 5.75 Å². The van der Waals surface area contributed by atoms with Crippen LogP contribution in [-0.4, -0.2) is 42.0 Å². The summed E-state index contributed by atoms with van der Waals surface area (Å²) in [5, 5.41) is 3.24. The number of benzene rings is 2. The van der Waals surface area contributed by atoms with E-state index in [1.807, 2.05) is 47.4 Å². The molecule has 0 spiro atoms. The molecular weight excluding hydrogens is 340 g/mol. The lowest BCUT2D eigenvalue weighted by Crippen LogP contribution is -2.35. The number of fused-ring (bicyclic) bond motifs is 1. The Kier molecular flexibility index (Phi) is 6.86. The predicted molar refractivity (Wildman–Crippen MR) is 106 cm³/mol. The van der Waals surface area contributed by atoms with Crippen molar-refractivity contribution in [3.8, 4) is 5.75 Å². The zero-order valence-electron chi connectivity index (χ0n) is 15.0. The summed E-state index contributed by atoms with van der Waals surface area (Å²) in [6, 6.07) is 15.6. The van der Waals surface area contributed by atoms with Crippen LogP contribution in [0.4, 0.5) is 5.69 Å². The molecule has 2 aromatic carbocycles. The van der Waals surface area contributed by atoms with Crippen molar-refractivity contribution >= 4 is 21.8 Å². The molecule has 0 aromatic heterocycles. The lowest BCUT2D eigenvalue weighted by atomic mass is 10.0. The number of carbonyl (C=O) groups is 1. The van der Waals surface area contributed by atoms with Gasteiger partial charge < -0.3 is 15.0 Å². The van der Waals surface area contributed by atoms with Gasteiger partial charge in [0.15, 0.2) is 0 Å². The molecule has 0 bridgehead atoms. The van der Waals surface area contributed by atoms with E-state index in [0.29, 0.717) is 0 Å². The molecule has 1 N–H and O–H groups in total. The first kappa shape index (κ1) is 18.7. The minimum Gasteiger partial charge on any atom is -0.494 e. The summed E-state index contributed by atoms with van der Waals surface area (Å²) in [7, 11) is 3.40. The van der Waals surface area contributed by atoms with Crippen LogP contribution in [-0.2, 0) is 6.42 Å². The third-order valence-corrected chi connectivity index (χ3v) is 4.83. The third kappa shape index (κ3) is 4.74. The van der Waals surface area contributed by atoms with Crippen LogP contribution >= 0.6 is 0 Å². The maximum absolute atomic E-state index is 12.8. The van der Waals surface area contributed by atoms with Gasteiger partial charge in [0.1, 0.15) is 5.75 Å². The van der Waals surface area contributed by atoms with Crippen LogP contribution in [0.2, 0.25) is 0 Å². The van der Waals surface area contributed by atoms with Crippen LogP contribution in [0, 0.1) is 0 Å². The van der Waals surface area contributed by atoms with Gasteiger partial charge in [-0.15, -0.1) is 0 Å². The topological polar surface area (TPSA) is 41.6 Å². The van der Waals surface area contributed by atoms with Gasteiger partial charge in [-0.05, 0) is 74.3 Å². The second-order valence-electron chi connectivity index (χ2n) is 6.45. The number of aryl methyl sites for hydroxylation is 1. The van der Waals surface area contributed by atoms with Gasteiger partial charge in [0.2, 0.25) is 0 Å². The molecule has 0 saturated carbocycles. The molecule has 1 amide bonds. The Morgan fingerprint density at radius 1 is 1.15 bits per heavy atom. The van der Waals surface area contributed by atoms with Crippen LogP contribution in [0.1, 0.15) is 35.2 Å². The molecule has 26 heavy (non-hydrogen) atoms. The van der Waals surface area contributed by atoms with Crippen LogP contribution in [0.15, 0.2) is 48.5 Å². The Hall–Kier alpha value is -2.11. The molecule has 0 unspecified atom stereocenters. The first-order valence-corrected chi connectivity index (χ1v) is 9.98. The largest absolute Gasteiger partial charge is 0.494 e. The number of anilines is 1. The maximum atomic E-state index is 12.8. The number of nitrogens with one attached hydrogen (secondary N) is 1. The standard InChI is InChI=1S/C21H25N2O2Si/c24-21(17-7-2-1-3-8-17)23-13-6-9-18-15-19(10-11-20(18)23)25-14-5-4-12-22-16-26/h1-3,7-8,10-11,15,22H,4-6,9,12-14,16H2. The molecule has 3 radical (unpaired) electrons. The molecule has 0 aliphatic carbocycles. The summed E-state index contributed by atoms with van der Waals surface area (Å²) < 4.78 is 5.89. The highest BCUT2D eigenvalue weighted by molar-refractivity contribution is 6.08. The summed E-state index contributed by atoms with van der Waals surface area (Å²) in [5.74, 6) is 0.963. The number of carbonyl (C=O) groups excluding carboxylic acids is 1. The summed E-state index contributed by atoms with van der Waals surface area (Å²) in [5.41, 5.74) is 2.94. The first-order valence-electron chi connectivity index (χ1n) is 9.27. The molecule has 1 heterocycles. The molecule has 5 heteroatoms. The van der Waals surface area contributed by atoms with E-state index in [9.17, 15) is 4.79 Å². The lowest BCUT2D eigenvalue weighted by Gasteiger charge is -2.30. The van der Waals surface area contributed by atoms with Gasteiger partial charge in [-0.25, -0.2) is 0 Å². The fourth-order valence-electron chi connectivity index (χ4n) is 3.24. The van der Waals surface area contributed by atoms with E-state index in [0.717, 1.165) is 68.5 Å². The van der Waals surface area contributed by atoms with E-state index in [2.05, 4.69) is 21.6 Å². The normalized spacial score (nSPS) is 13.3. The van der Waals surface area contributed by atoms with Crippen LogP contribution in [0.25, 0.3) is 0 Å². The molecule has 0 saturated heterocycles. The highest BCUT2D eigenvalue weighted by Gasteiger charge is 2.23. The van der Waals surface area contributed by atoms with Crippen molar-refractivity contribution in [3.63, 3.8) is 0 Å². The predicted octanol–water partition coefficient (Wildman–Crippen LogP) is 3.15. The van der Waals surface area contributed by atoms with Crippen molar-refractivity contribution in [2.24, 2.45) is 0 Å². The third-order valence-electron chi connectivity index (χ3n) is 4.58. The first-order chi connectivity index (χ1) is 12.8. The molecule has 135 valence electrons. The SMILES string of the molecule is O=C(c1ccccc1)N1CCCc2cc(OCCCCNC[Si])ccc21. The fourth-order valence-corrected chi connectivity index (χ4v) is 3.42. The van der Waals surface area contributed by atoms with E-state index in [4.69, 9.17) is 4.74 Å². The minimum atomic E-state index is 0.0688. The zero-order valence-corrected chi connectivity index (χ0v) is 16.0. The number of rotatable bonds is 8. The number of ether oxygens (including phenoxy) is 1. The molecule has 1 aliphatic heterocycles. The quantitative estimate of drug-likeness (QED) is 0.577. The smallest absolute Gasteiger partial charge is 0.258 e. The Morgan fingerprint density at radius 2 is 2.00 bits per heavy atom. The van der Waals surface area contributed by atoms with Crippen molar-refractivity contribution in [2.75, 3.05) is 30.8 Å². The number of nitrogens with zero attached hydrogens (tertiary/aromatic N) is 1. The number of amides is 1. The van der Waals surface area contributed by atoms with Crippen molar-refractivity contribution < 1.29 is 9.53 Å². The molecule has 3 rings (SSSR count). The summed E-state index contributed by atoms with van der Waals surface area (Å²) >= 11 is 0. The van der Waals surface area contributed by atoms with Crippen molar-refractivity contribution in [1.82, 2.24) is 5.32 Å². The van der Waals surface area contributed by atoms with Gasteiger partial charge in [0.05, 0.1) is 6.61 Å². The van der Waals surface area contributed by atoms with Gasteiger partial charge in [-0.2, -0.15) is 0 Å². The summed E-state index contributed by atoms with van der Waals surface area (Å²) in [6.07, 6.45) is 4.90. The molecule has 4 nitrogen and oxygen atoms in total. The summed E-state index contributed by atoms with van der Waals surface area (Å²) in [6.45, 7) is 2.48. The minimum absolute atomic E-state index is 0.0688. The number of unbranched alkanes of at least 4 members (excludes halogenated alkanes) is 1. The highest BCUT2D eigenvalue weighted by atomic mass is 28.1. The van der Waals surface area contributed by atoms with E-state index >= 15 is 0 Å². The van der Waals surface area contributed by atoms with Gasteiger partial charge in [0.25, 0.3) is 5.91 Å². The lowest BCUT2D eigenvalue weighted by molar-refractivity contribution is 0.0985. The van der Waals surface area contributed by atoms with Crippen molar-refractivity contribution in [1.29, 1.82) is 0 Å². The van der Waals surface area contributed by atoms with Gasteiger partial charge in [0, 0.05) is 28.0 Å². The van der Waals surface area contributed by atoms with Gasteiger partial charge in [-0.3, -0.25) is 4.79 Å². The van der Waals surface area contributed by atoms with Crippen molar-refractivity contribution in [3.05, 3.63) is 59.7 Å². The maximum Gasteiger partial charge on any atom is 0.258 e. The number of hydrogen-bond donors (Lipinski definition) is 1. The molecule has 0 atom stereocenters. The molecule has 0 fully saturated rings. The molecular formula is C21H25N2O2Si. The monoisotopic (exact) mass is 365 g/mol. The molecule has 1 aliphatic rings. The van der Waals surface area contributed by atoms with E-state index in [1.165, 1.54) is 5.56 Å². The van der Waals surface area contributed by atoms with Crippen LogP contribution in [0.3, 0.4) is 0 Å². The van der Waals surface area contributed by atoms with Gasteiger partial charge >= 0.3 is 0 Å². The molecule has 2 aromatic rings. The van der Waals surface area contributed by atoms with Gasteiger partial charge in [-0.1, -0.05) is 18.2 Å². The average molecular weight is 366 g/mol. The second kappa shape index (κ2) is 9.55. The number of hydrogen-bond acceptors (Lipinski definition) is 3. The highest BCUT2D eigenvalue weighted by Crippen LogP contribution is 2.31.